The molecule has 78 valence electrons. The van der Waals surface area contributed by atoms with Crippen LogP contribution in [0.2, 0.25) is 0 Å². The Hall–Kier alpha value is -1.89. The van der Waals surface area contributed by atoms with Gasteiger partial charge in [0.25, 0.3) is 0 Å². The van der Waals surface area contributed by atoms with Crippen molar-refractivity contribution in [2.75, 3.05) is 0 Å². The molecule has 0 spiro atoms. The van der Waals surface area contributed by atoms with Gasteiger partial charge in [0.15, 0.2) is 0 Å². The lowest BCUT2D eigenvalue weighted by molar-refractivity contribution is 1.16. The van der Waals surface area contributed by atoms with Crippen LogP contribution < -0.4 is 0 Å². The van der Waals surface area contributed by atoms with Crippen LogP contribution in [-0.4, -0.2) is 4.98 Å². The Morgan fingerprint density at radius 3 is 2.62 bits per heavy atom. The average Bonchev–Trinajstić information content (AvgIpc) is 2.38. The third-order valence-electron chi connectivity index (χ3n) is 3.08. The first-order valence-corrected chi connectivity index (χ1v) is 5.65. The Morgan fingerprint density at radius 1 is 1.00 bits per heavy atom. The molecule has 0 unspecified atom stereocenters. The van der Waals surface area contributed by atoms with Crippen LogP contribution in [0.4, 0.5) is 0 Å². The van der Waals surface area contributed by atoms with Gasteiger partial charge < -0.3 is 0 Å². The molecule has 1 aromatic heterocycles. The number of rotatable bonds is 1. The van der Waals surface area contributed by atoms with Crippen LogP contribution in [0.3, 0.4) is 0 Å². The molecule has 0 aliphatic rings. The van der Waals surface area contributed by atoms with Crippen molar-refractivity contribution in [3.63, 3.8) is 0 Å². The number of fused-ring (bicyclic) bond motifs is 3. The number of nitrogens with zero attached hydrogens (tertiary/aromatic N) is 1. The fourth-order valence-corrected chi connectivity index (χ4v) is 2.29. The van der Waals surface area contributed by atoms with E-state index in [0.717, 1.165) is 11.9 Å². The number of benzene rings is 2. The molecule has 16 heavy (non-hydrogen) atoms. The molecule has 1 heteroatoms. The average molecular weight is 207 g/mol. The maximum Gasteiger partial charge on any atom is 0.0780 e. The highest BCUT2D eigenvalue weighted by atomic mass is 14.6. The maximum absolute atomic E-state index is 4.48. The van der Waals surface area contributed by atoms with E-state index in [1.165, 1.54) is 21.7 Å². The zero-order chi connectivity index (χ0) is 11.0. The molecule has 1 nitrogen and oxygen atoms in total. The first-order valence-electron chi connectivity index (χ1n) is 5.65. The van der Waals surface area contributed by atoms with Crippen LogP contribution in [0.25, 0.3) is 21.7 Å². The lowest BCUT2D eigenvalue weighted by Crippen LogP contribution is -1.87. The lowest BCUT2D eigenvalue weighted by Gasteiger charge is -2.07. The van der Waals surface area contributed by atoms with Gasteiger partial charge in [0.2, 0.25) is 0 Å². The molecule has 2 aromatic carbocycles. The van der Waals surface area contributed by atoms with Gasteiger partial charge in [-0.2, -0.15) is 0 Å². The summed E-state index contributed by atoms with van der Waals surface area (Å²) >= 11 is 0. The summed E-state index contributed by atoms with van der Waals surface area (Å²) < 4.78 is 0. The molecular weight excluding hydrogens is 194 g/mol. The van der Waals surface area contributed by atoms with E-state index in [-0.39, 0.29) is 0 Å². The van der Waals surface area contributed by atoms with Crippen molar-refractivity contribution < 1.29 is 0 Å². The van der Waals surface area contributed by atoms with Crippen molar-refractivity contribution in [3.05, 3.63) is 54.2 Å². The van der Waals surface area contributed by atoms with E-state index in [1.54, 1.807) is 0 Å². The van der Waals surface area contributed by atoms with Crippen molar-refractivity contribution in [2.24, 2.45) is 0 Å². The quantitative estimate of drug-likeness (QED) is 0.550. The number of aromatic nitrogens is 1. The Bertz CT molecular complexity index is 656. The molecule has 0 saturated carbocycles. The van der Waals surface area contributed by atoms with E-state index >= 15 is 0 Å². The fourth-order valence-electron chi connectivity index (χ4n) is 2.29. The van der Waals surface area contributed by atoms with E-state index in [0.29, 0.717) is 0 Å². The van der Waals surface area contributed by atoms with Crippen LogP contribution in [0, 0.1) is 0 Å². The third-order valence-corrected chi connectivity index (χ3v) is 3.08. The zero-order valence-electron chi connectivity index (χ0n) is 9.27. The van der Waals surface area contributed by atoms with E-state index in [4.69, 9.17) is 0 Å². The Kier molecular flexibility index (Phi) is 2.10. The second kappa shape index (κ2) is 3.60. The van der Waals surface area contributed by atoms with Gasteiger partial charge in [0, 0.05) is 17.0 Å². The molecule has 0 N–H and O–H groups in total. The van der Waals surface area contributed by atoms with Gasteiger partial charge in [0.1, 0.15) is 0 Å². The Labute approximate surface area is 94.7 Å². The molecular formula is C15H13N. The van der Waals surface area contributed by atoms with Gasteiger partial charge >= 0.3 is 0 Å². The summed E-state index contributed by atoms with van der Waals surface area (Å²) in [5, 5.41) is 3.83. The van der Waals surface area contributed by atoms with Gasteiger partial charge in [-0.25, -0.2) is 0 Å². The van der Waals surface area contributed by atoms with Gasteiger partial charge in [0.05, 0.1) is 5.52 Å². The SMILES string of the molecule is CCc1cc2cccnc2c2ccccc12. The topological polar surface area (TPSA) is 12.9 Å². The zero-order valence-corrected chi connectivity index (χ0v) is 9.27. The van der Waals surface area contributed by atoms with Gasteiger partial charge in [-0.1, -0.05) is 37.3 Å². The lowest BCUT2D eigenvalue weighted by atomic mass is 9.99. The minimum atomic E-state index is 1.06. The Morgan fingerprint density at radius 2 is 1.81 bits per heavy atom. The fraction of sp³-hybridized carbons (Fsp3) is 0.133. The minimum Gasteiger partial charge on any atom is -0.256 e. The van der Waals surface area contributed by atoms with Crippen LogP contribution in [0.15, 0.2) is 48.7 Å². The minimum absolute atomic E-state index is 1.06. The molecule has 0 saturated heterocycles. The molecule has 0 bridgehead atoms. The van der Waals surface area contributed by atoms with Crippen molar-refractivity contribution in [2.45, 2.75) is 13.3 Å². The molecule has 0 aliphatic carbocycles. The highest BCUT2D eigenvalue weighted by Crippen LogP contribution is 2.27. The molecule has 0 atom stereocenters. The summed E-state index contributed by atoms with van der Waals surface area (Å²) in [7, 11) is 0. The van der Waals surface area contributed by atoms with Crippen molar-refractivity contribution in [1.29, 1.82) is 0 Å². The summed E-state index contributed by atoms with van der Waals surface area (Å²) in [5.41, 5.74) is 2.51. The summed E-state index contributed by atoms with van der Waals surface area (Å²) in [6.45, 7) is 2.20. The van der Waals surface area contributed by atoms with Crippen molar-refractivity contribution in [3.8, 4) is 0 Å². The number of hydrogen-bond acceptors (Lipinski definition) is 1. The largest absolute Gasteiger partial charge is 0.256 e. The van der Waals surface area contributed by atoms with Crippen LogP contribution in [0.1, 0.15) is 12.5 Å². The first kappa shape index (κ1) is 9.34. The summed E-state index contributed by atoms with van der Waals surface area (Å²) in [5.74, 6) is 0. The molecule has 0 amide bonds. The summed E-state index contributed by atoms with van der Waals surface area (Å²) in [4.78, 5) is 4.48. The van der Waals surface area contributed by atoms with Crippen LogP contribution >= 0.6 is 0 Å². The molecule has 0 fully saturated rings. The molecule has 0 aliphatic heterocycles. The number of aryl methyl sites for hydroxylation is 1. The van der Waals surface area contributed by atoms with Crippen molar-refractivity contribution in [1.82, 2.24) is 4.98 Å². The third kappa shape index (κ3) is 1.28. The van der Waals surface area contributed by atoms with E-state index < -0.39 is 0 Å². The van der Waals surface area contributed by atoms with Gasteiger partial charge in [-0.15, -0.1) is 0 Å². The standard InChI is InChI=1S/C15H13N/c1-2-11-10-12-6-5-9-16-15(12)14-8-4-3-7-13(11)14/h3-10H,2H2,1H3. The number of pyridine rings is 1. The highest BCUT2D eigenvalue weighted by Gasteiger charge is 2.04. The van der Waals surface area contributed by atoms with Crippen LogP contribution in [-0.2, 0) is 6.42 Å². The Balaban J connectivity index is 2.57. The van der Waals surface area contributed by atoms with Gasteiger partial charge in [-0.3, -0.25) is 4.98 Å². The molecule has 3 rings (SSSR count). The van der Waals surface area contributed by atoms with Crippen LogP contribution in [0.5, 0.6) is 0 Å². The smallest absolute Gasteiger partial charge is 0.0780 e. The maximum atomic E-state index is 4.48. The summed E-state index contributed by atoms with van der Waals surface area (Å²) in [6, 6.07) is 14.9. The second-order valence-corrected chi connectivity index (χ2v) is 4.01. The van der Waals surface area contributed by atoms with Gasteiger partial charge in [-0.05, 0) is 29.5 Å². The van der Waals surface area contributed by atoms with E-state index in [2.05, 4.69) is 48.3 Å². The second-order valence-electron chi connectivity index (χ2n) is 4.01. The van der Waals surface area contributed by atoms with E-state index in [1.807, 2.05) is 12.3 Å². The normalized spacial score (nSPS) is 11.1. The first-order chi connectivity index (χ1) is 7.90. The predicted molar refractivity (Wildman–Crippen MR) is 68.6 cm³/mol. The molecule has 1 heterocycles. The number of hydrogen-bond donors (Lipinski definition) is 0. The molecule has 0 radical (unpaired) electrons. The predicted octanol–water partition coefficient (Wildman–Crippen LogP) is 3.95. The monoisotopic (exact) mass is 207 g/mol. The van der Waals surface area contributed by atoms with E-state index in [9.17, 15) is 0 Å². The summed E-state index contributed by atoms with van der Waals surface area (Å²) in [6.07, 6.45) is 2.92. The van der Waals surface area contributed by atoms with Crippen molar-refractivity contribution >= 4 is 21.7 Å². The highest BCUT2D eigenvalue weighted by molar-refractivity contribution is 6.06. The molecule has 3 aromatic rings.